The van der Waals surface area contributed by atoms with Crippen molar-refractivity contribution in [1.29, 1.82) is 0 Å². The zero-order chi connectivity index (χ0) is 16.4. The molecule has 1 amide bonds. The summed E-state index contributed by atoms with van der Waals surface area (Å²) in [5.41, 5.74) is 2.18. The Morgan fingerprint density at radius 1 is 1.17 bits per heavy atom. The normalized spacial score (nSPS) is 16.9. The van der Waals surface area contributed by atoms with E-state index in [1.807, 2.05) is 30.3 Å². The van der Waals surface area contributed by atoms with Gasteiger partial charge < -0.3 is 15.0 Å². The molecule has 3 rings (SSSR count). The SMILES string of the molecule is COCCN1C(=O)c2ccccc2NC1c1cccc(Cl)c1Cl. The van der Waals surface area contributed by atoms with Crippen molar-refractivity contribution in [2.75, 3.05) is 25.6 Å². The highest BCUT2D eigenvalue weighted by Gasteiger charge is 2.33. The van der Waals surface area contributed by atoms with E-state index in [1.165, 1.54) is 0 Å². The molecule has 1 heterocycles. The number of nitrogens with zero attached hydrogens (tertiary/aromatic N) is 1. The maximum Gasteiger partial charge on any atom is 0.257 e. The van der Waals surface area contributed by atoms with Gasteiger partial charge in [0.1, 0.15) is 6.17 Å². The fraction of sp³-hybridized carbons (Fsp3) is 0.235. The van der Waals surface area contributed by atoms with Crippen molar-refractivity contribution < 1.29 is 9.53 Å². The van der Waals surface area contributed by atoms with E-state index in [-0.39, 0.29) is 5.91 Å². The van der Waals surface area contributed by atoms with Gasteiger partial charge in [0.25, 0.3) is 5.91 Å². The topological polar surface area (TPSA) is 41.6 Å². The summed E-state index contributed by atoms with van der Waals surface area (Å²) in [7, 11) is 1.61. The van der Waals surface area contributed by atoms with Crippen molar-refractivity contribution in [3.8, 4) is 0 Å². The molecule has 0 bridgehead atoms. The molecule has 1 N–H and O–H groups in total. The smallest absolute Gasteiger partial charge is 0.257 e. The van der Waals surface area contributed by atoms with Crippen molar-refractivity contribution >= 4 is 34.8 Å². The van der Waals surface area contributed by atoms with Crippen molar-refractivity contribution in [1.82, 2.24) is 4.90 Å². The third-order valence-electron chi connectivity index (χ3n) is 3.83. The first kappa shape index (κ1) is 16.1. The number of methoxy groups -OCH3 is 1. The minimum atomic E-state index is -0.390. The van der Waals surface area contributed by atoms with Crippen molar-refractivity contribution in [3.05, 3.63) is 63.6 Å². The number of halogens is 2. The van der Waals surface area contributed by atoms with E-state index in [9.17, 15) is 4.79 Å². The second-order valence-corrected chi connectivity index (χ2v) is 6.01. The number of anilines is 1. The van der Waals surface area contributed by atoms with Crippen LogP contribution in [0.5, 0.6) is 0 Å². The molecule has 2 aromatic rings. The maximum atomic E-state index is 12.9. The zero-order valence-electron chi connectivity index (χ0n) is 12.6. The molecule has 1 atom stereocenters. The van der Waals surface area contributed by atoms with Gasteiger partial charge in [0.15, 0.2) is 0 Å². The summed E-state index contributed by atoms with van der Waals surface area (Å²) in [6, 6.07) is 12.8. The molecule has 0 spiro atoms. The molecule has 0 aromatic heterocycles. The van der Waals surface area contributed by atoms with Crippen LogP contribution in [0.25, 0.3) is 0 Å². The van der Waals surface area contributed by atoms with Crippen LogP contribution in [0.4, 0.5) is 5.69 Å². The minimum Gasteiger partial charge on any atom is -0.383 e. The van der Waals surface area contributed by atoms with Gasteiger partial charge in [-0.15, -0.1) is 0 Å². The van der Waals surface area contributed by atoms with Gasteiger partial charge in [0, 0.05) is 24.9 Å². The van der Waals surface area contributed by atoms with Crippen LogP contribution in [0.15, 0.2) is 42.5 Å². The number of para-hydroxylation sites is 1. The molecule has 0 fully saturated rings. The van der Waals surface area contributed by atoms with Crippen LogP contribution in [0.3, 0.4) is 0 Å². The van der Waals surface area contributed by atoms with Gasteiger partial charge in [-0.2, -0.15) is 0 Å². The maximum absolute atomic E-state index is 12.9. The molecule has 0 radical (unpaired) electrons. The molecule has 1 aliphatic rings. The number of ether oxygens (including phenoxy) is 1. The van der Waals surface area contributed by atoms with Crippen LogP contribution >= 0.6 is 23.2 Å². The van der Waals surface area contributed by atoms with E-state index < -0.39 is 6.17 Å². The molecule has 23 heavy (non-hydrogen) atoms. The van der Waals surface area contributed by atoms with Crippen LogP contribution in [0, 0.1) is 0 Å². The molecule has 0 saturated heterocycles. The summed E-state index contributed by atoms with van der Waals surface area (Å²) in [6.07, 6.45) is -0.390. The predicted molar refractivity (Wildman–Crippen MR) is 92.2 cm³/mol. The Bertz CT molecular complexity index is 736. The summed E-state index contributed by atoms with van der Waals surface area (Å²) >= 11 is 12.5. The number of rotatable bonds is 4. The number of amides is 1. The largest absolute Gasteiger partial charge is 0.383 e. The van der Waals surface area contributed by atoms with Gasteiger partial charge in [-0.3, -0.25) is 4.79 Å². The fourth-order valence-electron chi connectivity index (χ4n) is 2.69. The van der Waals surface area contributed by atoms with E-state index in [2.05, 4.69) is 5.32 Å². The molecule has 1 unspecified atom stereocenters. The van der Waals surface area contributed by atoms with E-state index in [4.69, 9.17) is 27.9 Å². The molecule has 0 aliphatic carbocycles. The van der Waals surface area contributed by atoms with Gasteiger partial charge >= 0.3 is 0 Å². The first-order valence-electron chi connectivity index (χ1n) is 7.23. The average molecular weight is 351 g/mol. The van der Waals surface area contributed by atoms with Gasteiger partial charge in [-0.25, -0.2) is 0 Å². The second-order valence-electron chi connectivity index (χ2n) is 5.23. The molecule has 1 aliphatic heterocycles. The highest BCUT2D eigenvalue weighted by Crippen LogP contribution is 2.37. The second kappa shape index (κ2) is 6.79. The summed E-state index contributed by atoms with van der Waals surface area (Å²) in [4.78, 5) is 14.6. The Labute approximate surface area is 144 Å². The Morgan fingerprint density at radius 3 is 2.74 bits per heavy atom. The first-order valence-corrected chi connectivity index (χ1v) is 7.98. The highest BCUT2D eigenvalue weighted by atomic mass is 35.5. The summed E-state index contributed by atoms with van der Waals surface area (Å²) in [5, 5.41) is 4.28. The first-order chi connectivity index (χ1) is 11.1. The molecular weight excluding hydrogens is 335 g/mol. The van der Waals surface area contributed by atoms with Crippen LogP contribution in [0.1, 0.15) is 22.1 Å². The number of fused-ring (bicyclic) bond motifs is 1. The predicted octanol–water partition coefficient (Wildman–Crippen LogP) is 4.21. The summed E-state index contributed by atoms with van der Waals surface area (Å²) in [6.45, 7) is 0.883. The molecule has 2 aromatic carbocycles. The van der Waals surface area contributed by atoms with Crippen LogP contribution in [-0.4, -0.2) is 31.1 Å². The summed E-state index contributed by atoms with van der Waals surface area (Å²) < 4.78 is 5.14. The van der Waals surface area contributed by atoms with E-state index >= 15 is 0 Å². The van der Waals surface area contributed by atoms with Crippen molar-refractivity contribution in [2.24, 2.45) is 0 Å². The van der Waals surface area contributed by atoms with Gasteiger partial charge in [-0.05, 0) is 18.2 Å². The fourth-order valence-corrected chi connectivity index (χ4v) is 3.10. The average Bonchev–Trinajstić information content (AvgIpc) is 2.56. The Kier molecular flexibility index (Phi) is 4.76. The van der Waals surface area contributed by atoms with E-state index in [1.54, 1.807) is 24.1 Å². The summed E-state index contributed by atoms with van der Waals surface area (Å²) in [5.74, 6) is -0.0579. The lowest BCUT2D eigenvalue weighted by atomic mass is 10.0. The van der Waals surface area contributed by atoms with Gasteiger partial charge in [-0.1, -0.05) is 47.5 Å². The van der Waals surface area contributed by atoms with Crippen molar-refractivity contribution in [2.45, 2.75) is 6.17 Å². The number of benzene rings is 2. The van der Waals surface area contributed by atoms with Crippen LogP contribution in [0.2, 0.25) is 10.0 Å². The lowest BCUT2D eigenvalue weighted by Gasteiger charge is -2.38. The van der Waals surface area contributed by atoms with E-state index in [0.717, 1.165) is 11.3 Å². The standard InChI is InChI=1S/C17H16Cl2N2O2/c1-23-10-9-21-16(12-6-4-7-13(18)15(12)19)20-14-8-3-2-5-11(14)17(21)22/h2-8,16,20H,9-10H2,1H3. The monoisotopic (exact) mass is 350 g/mol. The number of hydrogen-bond acceptors (Lipinski definition) is 3. The number of carbonyl (C=O) groups is 1. The quantitative estimate of drug-likeness (QED) is 0.897. The molecule has 120 valence electrons. The van der Waals surface area contributed by atoms with Gasteiger partial charge in [0.2, 0.25) is 0 Å². The number of carbonyl (C=O) groups excluding carboxylic acids is 1. The number of hydrogen-bond donors (Lipinski definition) is 1. The Morgan fingerprint density at radius 2 is 1.96 bits per heavy atom. The van der Waals surface area contributed by atoms with Gasteiger partial charge in [0.05, 0.1) is 22.2 Å². The molecule has 6 heteroatoms. The lowest BCUT2D eigenvalue weighted by molar-refractivity contribution is 0.0609. The lowest BCUT2D eigenvalue weighted by Crippen LogP contribution is -2.44. The Balaban J connectivity index is 2.06. The van der Waals surface area contributed by atoms with Crippen LogP contribution in [-0.2, 0) is 4.74 Å². The zero-order valence-corrected chi connectivity index (χ0v) is 14.1. The Hall–Kier alpha value is -1.75. The molecular formula is C17H16Cl2N2O2. The third kappa shape index (κ3) is 3.02. The molecule has 4 nitrogen and oxygen atoms in total. The number of nitrogens with one attached hydrogen (secondary N) is 1. The third-order valence-corrected chi connectivity index (χ3v) is 4.67. The van der Waals surface area contributed by atoms with Crippen molar-refractivity contribution in [3.63, 3.8) is 0 Å². The minimum absolute atomic E-state index is 0.0579. The highest BCUT2D eigenvalue weighted by molar-refractivity contribution is 6.42. The van der Waals surface area contributed by atoms with Crippen LogP contribution < -0.4 is 5.32 Å². The van der Waals surface area contributed by atoms with E-state index in [0.29, 0.717) is 28.8 Å². The molecule has 0 saturated carbocycles.